The van der Waals surface area contributed by atoms with Crippen LogP contribution in [0.1, 0.15) is 5.56 Å². The number of furan rings is 1. The largest absolute Gasteiger partial charge is 0.469 e. The third-order valence-corrected chi connectivity index (χ3v) is 3.93. The van der Waals surface area contributed by atoms with Crippen molar-refractivity contribution < 1.29 is 9.15 Å². The number of nitrogens with zero attached hydrogens (tertiary/aromatic N) is 2. The number of nitrogens with one attached hydrogen (secondary N) is 2. The van der Waals surface area contributed by atoms with Gasteiger partial charge in [0.05, 0.1) is 11.6 Å². The lowest BCUT2D eigenvalue weighted by Gasteiger charge is -2.09. The van der Waals surface area contributed by atoms with E-state index in [0.717, 1.165) is 16.6 Å². The molecule has 4 rings (SSSR count). The maximum atomic E-state index is 11.3. The molecule has 4 aromatic rings. The lowest BCUT2D eigenvalue weighted by Crippen LogP contribution is -2.07. The van der Waals surface area contributed by atoms with E-state index in [-0.39, 0.29) is 18.0 Å². The molecule has 0 aliphatic rings. The fourth-order valence-corrected chi connectivity index (χ4v) is 2.57. The Morgan fingerprint density at radius 3 is 2.81 bits per heavy atom. The van der Waals surface area contributed by atoms with Crippen LogP contribution in [0.3, 0.4) is 0 Å². The Bertz CT molecular complexity index is 1110. The van der Waals surface area contributed by atoms with Crippen LogP contribution in [0.4, 0.5) is 11.5 Å². The molecule has 2 N–H and O–H groups in total. The van der Waals surface area contributed by atoms with E-state index < -0.39 is 0 Å². The van der Waals surface area contributed by atoms with Gasteiger partial charge in [-0.15, -0.1) is 10.2 Å². The van der Waals surface area contributed by atoms with Crippen molar-refractivity contribution in [2.75, 3.05) is 5.32 Å². The first-order valence-corrected chi connectivity index (χ1v) is 8.14. The summed E-state index contributed by atoms with van der Waals surface area (Å²) < 4.78 is 11.2. The standard InChI is InChI=1S/C18H13ClN4O3/c19-12-1-3-13(4-2-12)21-17-14-6-8-25-16(14)18(23-22-17)26-10-11-5-7-20-15(24)9-11/h1-9H,10H2,(H,20,24)(H,21,22). The summed E-state index contributed by atoms with van der Waals surface area (Å²) in [5, 5.41) is 12.8. The van der Waals surface area contributed by atoms with Crippen LogP contribution in [-0.4, -0.2) is 15.2 Å². The Hall–Kier alpha value is -3.32. The van der Waals surface area contributed by atoms with E-state index in [4.69, 9.17) is 20.8 Å². The van der Waals surface area contributed by atoms with Gasteiger partial charge >= 0.3 is 0 Å². The van der Waals surface area contributed by atoms with Crippen LogP contribution in [0.15, 0.2) is 64.1 Å². The molecule has 3 aromatic heterocycles. The molecule has 0 saturated carbocycles. The summed E-state index contributed by atoms with van der Waals surface area (Å²) in [5.74, 6) is 0.798. The molecule has 3 heterocycles. The van der Waals surface area contributed by atoms with Crippen molar-refractivity contribution in [3.8, 4) is 5.88 Å². The lowest BCUT2D eigenvalue weighted by molar-refractivity contribution is 0.289. The van der Waals surface area contributed by atoms with Gasteiger partial charge in [0.25, 0.3) is 5.88 Å². The molecule has 0 atom stereocenters. The van der Waals surface area contributed by atoms with Crippen molar-refractivity contribution in [1.82, 2.24) is 15.2 Å². The molecule has 0 saturated heterocycles. The van der Waals surface area contributed by atoms with Gasteiger partial charge in [-0.25, -0.2) is 0 Å². The summed E-state index contributed by atoms with van der Waals surface area (Å²) in [7, 11) is 0. The van der Waals surface area contributed by atoms with Gasteiger partial charge in [-0.05, 0) is 42.0 Å². The Balaban J connectivity index is 1.59. The maximum Gasteiger partial charge on any atom is 0.278 e. The number of aromatic nitrogens is 3. The molecule has 0 fully saturated rings. The Morgan fingerprint density at radius 1 is 1.15 bits per heavy atom. The van der Waals surface area contributed by atoms with E-state index in [1.165, 1.54) is 6.07 Å². The number of hydrogen-bond acceptors (Lipinski definition) is 6. The topological polar surface area (TPSA) is 93.0 Å². The lowest BCUT2D eigenvalue weighted by atomic mass is 10.3. The zero-order chi connectivity index (χ0) is 17.9. The summed E-state index contributed by atoms with van der Waals surface area (Å²) >= 11 is 5.90. The van der Waals surface area contributed by atoms with Crippen LogP contribution >= 0.6 is 11.6 Å². The molecule has 0 amide bonds. The second-order valence-electron chi connectivity index (χ2n) is 5.50. The summed E-state index contributed by atoms with van der Waals surface area (Å²) in [4.78, 5) is 13.9. The van der Waals surface area contributed by atoms with Crippen LogP contribution in [0, 0.1) is 0 Å². The zero-order valence-electron chi connectivity index (χ0n) is 13.4. The zero-order valence-corrected chi connectivity index (χ0v) is 14.2. The normalized spacial score (nSPS) is 10.8. The SMILES string of the molecule is O=c1cc(COc2nnc(Nc3ccc(Cl)cc3)c3ccoc23)cc[nH]1. The minimum absolute atomic E-state index is 0.179. The van der Waals surface area contributed by atoms with Gasteiger partial charge in [-0.1, -0.05) is 11.6 Å². The van der Waals surface area contributed by atoms with Gasteiger partial charge < -0.3 is 19.5 Å². The first-order chi connectivity index (χ1) is 12.7. The number of benzene rings is 1. The fourth-order valence-electron chi connectivity index (χ4n) is 2.44. The van der Waals surface area contributed by atoms with E-state index in [1.807, 2.05) is 12.1 Å². The van der Waals surface area contributed by atoms with E-state index in [0.29, 0.717) is 16.4 Å². The fraction of sp³-hybridized carbons (Fsp3) is 0.0556. The smallest absolute Gasteiger partial charge is 0.278 e. The first-order valence-electron chi connectivity index (χ1n) is 7.76. The highest BCUT2D eigenvalue weighted by atomic mass is 35.5. The van der Waals surface area contributed by atoms with Crippen LogP contribution in [0.5, 0.6) is 5.88 Å². The predicted octanol–water partition coefficient (Wildman–Crippen LogP) is 3.89. The molecule has 7 nitrogen and oxygen atoms in total. The third kappa shape index (κ3) is 3.38. The molecule has 0 radical (unpaired) electrons. The van der Waals surface area contributed by atoms with Gasteiger partial charge in [-0.2, -0.15) is 0 Å². The van der Waals surface area contributed by atoms with Gasteiger partial charge in [-0.3, -0.25) is 4.79 Å². The molecule has 26 heavy (non-hydrogen) atoms. The van der Waals surface area contributed by atoms with Crippen LogP contribution in [0.2, 0.25) is 5.02 Å². The van der Waals surface area contributed by atoms with E-state index >= 15 is 0 Å². The molecule has 0 aliphatic heterocycles. The minimum atomic E-state index is -0.192. The predicted molar refractivity (Wildman–Crippen MR) is 97.9 cm³/mol. The maximum absolute atomic E-state index is 11.3. The van der Waals surface area contributed by atoms with E-state index in [1.54, 1.807) is 36.7 Å². The monoisotopic (exact) mass is 368 g/mol. The molecule has 0 bridgehead atoms. The number of H-pyrrole nitrogens is 1. The minimum Gasteiger partial charge on any atom is -0.469 e. The van der Waals surface area contributed by atoms with E-state index in [2.05, 4.69) is 20.5 Å². The number of aromatic amines is 1. The van der Waals surface area contributed by atoms with Gasteiger partial charge in [0.2, 0.25) is 11.1 Å². The van der Waals surface area contributed by atoms with Gasteiger partial charge in [0.1, 0.15) is 6.61 Å². The second-order valence-corrected chi connectivity index (χ2v) is 5.94. The van der Waals surface area contributed by atoms with Crippen molar-refractivity contribution in [2.24, 2.45) is 0 Å². The number of fused-ring (bicyclic) bond motifs is 1. The molecule has 1 aromatic carbocycles. The number of pyridine rings is 1. The Kier molecular flexibility index (Phi) is 4.28. The highest BCUT2D eigenvalue weighted by molar-refractivity contribution is 6.30. The first kappa shape index (κ1) is 16.2. The van der Waals surface area contributed by atoms with Gasteiger partial charge in [0.15, 0.2) is 5.82 Å². The number of rotatable bonds is 5. The van der Waals surface area contributed by atoms with Crippen LogP contribution in [-0.2, 0) is 6.61 Å². The third-order valence-electron chi connectivity index (χ3n) is 3.68. The number of halogens is 1. The molecule has 130 valence electrons. The average Bonchev–Trinajstić information content (AvgIpc) is 3.13. The highest BCUT2D eigenvalue weighted by Crippen LogP contribution is 2.30. The summed E-state index contributed by atoms with van der Waals surface area (Å²) in [6.45, 7) is 0.179. The highest BCUT2D eigenvalue weighted by Gasteiger charge is 2.14. The average molecular weight is 369 g/mol. The molecule has 8 heteroatoms. The number of anilines is 2. The van der Waals surface area contributed by atoms with Crippen molar-refractivity contribution in [3.05, 3.63) is 75.9 Å². The Morgan fingerprint density at radius 2 is 2.00 bits per heavy atom. The van der Waals surface area contributed by atoms with Crippen molar-refractivity contribution in [3.63, 3.8) is 0 Å². The molecule has 0 spiro atoms. The summed E-state index contributed by atoms with van der Waals surface area (Å²) in [6, 6.07) is 12.2. The quantitative estimate of drug-likeness (QED) is 0.555. The molecule has 0 aliphatic carbocycles. The van der Waals surface area contributed by atoms with Crippen LogP contribution < -0.4 is 15.6 Å². The van der Waals surface area contributed by atoms with Crippen molar-refractivity contribution in [2.45, 2.75) is 6.61 Å². The van der Waals surface area contributed by atoms with Gasteiger partial charge in [0, 0.05) is 23.0 Å². The van der Waals surface area contributed by atoms with Crippen LogP contribution in [0.25, 0.3) is 11.0 Å². The summed E-state index contributed by atoms with van der Waals surface area (Å²) in [5.41, 5.74) is 1.83. The molecule has 0 unspecified atom stereocenters. The number of hydrogen-bond donors (Lipinski definition) is 2. The summed E-state index contributed by atoms with van der Waals surface area (Å²) in [6.07, 6.45) is 3.11. The second kappa shape index (κ2) is 6.89. The Labute approximate surface area is 152 Å². The van der Waals surface area contributed by atoms with Crippen molar-refractivity contribution >= 4 is 34.1 Å². The van der Waals surface area contributed by atoms with E-state index in [9.17, 15) is 4.79 Å². The number of ether oxygens (including phenoxy) is 1. The molecular weight excluding hydrogens is 356 g/mol. The molecular formula is C18H13ClN4O3. The van der Waals surface area contributed by atoms with Crippen molar-refractivity contribution in [1.29, 1.82) is 0 Å².